The molecule has 0 aliphatic rings. The molecule has 2 unspecified atom stereocenters. The van der Waals surface area contributed by atoms with Crippen molar-refractivity contribution in [2.24, 2.45) is 0 Å². The van der Waals surface area contributed by atoms with Gasteiger partial charge in [-0.3, -0.25) is 9.97 Å². The lowest BCUT2D eigenvalue weighted by Crippen LogP contribution is -2.02. The number of hydrogen-bond acceptors (Lipinski definition) is 8. The van der Waals surface area contributed by atoms with Gasteiger partial charge in [0.25, 0.3) is 0 Å². The van der Waals surface area contributed by atoms with E-state index in [1.165, 1.54) is 23.5 Å². The Balaban J connectivity index is 0.000000159. The van der Waals surface area contributed by atoms with Crippen molar-refractivity contribution in [3.8, 4) is 41.8 Å². The van der Waals surface area contributed by atoms with E-state index in [0.717, 1.165) is 48.5 Å². The van der Waals surface area contributed by atoms with Crippen LogP contribution in [0.3, 0.4) is 0 Å². The van der Waals surface area contributed by atoms with Crippen molar-refractivity contribution in [3.63, 3.8) is 0 Å². The van der Waals surface area contributed by atoms with Gasteiger partial charge >= 0.3 is 0 Å². The van der Waals surface area contributed by atoms with E-state index in [1.54, 1.807) is 70.9 Å². The summed E-state index contributed by atoms with van der Waals surface area (Å²) in [5, 5.41) is 30.8. The zero-order chi connectivity index (χ0) is 35.3. The monoisotopic (exact) mass is 768 g/mol. The molecular weight excluding hydrogens is 742 g/mol. The minimum atomic E-state index is -0.966. The van der Waals surface area contributed by atoms with Crippen molar-refractivity contribution in [1.82, 2.24) is 9.97 Å². The molecule has 0 saturated carbocycles. The topological polar surface area (TPSA) is 66.2 Å². The van der Waals surface area contributed by atoms with Crippen molar-refractivity contribution < 1.29 is 19.0 Å². The van der Waals surface area contributed by atoms with Gasteiger partial charge in [0.1, 0.15) is 23.8 Å². The molecule has 0 amide bonds. The zero-order valence-corrected chi connectivity index (χ0v) is 30.5. The maximum absolute atomic E-state index is 14.4. The average Bonchev–Trinajstić information content (AvgIpc) is 3.99. The first-order valence-electron chi connectivity index (χ1n) is 15.6. The van der Waals surface area contributed by atoms with Crippen molar-refractivity contribution in [1.29, 1.82) is 0 Å². The van der Waals surface area contributed by atoms with E-state index in [-0.39, 0.29) is 5.56 Å². The van der Waals surface area contributed by atoms with Crippen molar-refractivity contribution in [2.75, 3.05) is 0 Å². The number of benzene rings is 2. The molecule has 254 valence electrons. The van der Waals surface area contributed by atoms with Crippen LogP contribution in [-0.4, -0.2) is 20.2 Å². The molecule has 51 heavy (non-hydrogen) atoms. The van der Waals surface area contributed by atoms with E-state index in [1.807, 2.05) is 65.4 Å². The molecule has 0 bridgehead atoms. The van der Waals surface area contributed by atoms with E-state index in [0.29, 0.717) is 21.0 Å². The lowest BCUT2D eigenvalue weighted by atomic mass is 9.96. The molecule has 11 heteroatoms. The van der Waals surface area contributed by atoms with Gasteiger partial charge in [-0.05, 0) is 64.9 Å². The molecule has 2 N–H and O–H groups in total. The van der Waals surface area contributed by atoms with Crippen LogP contribution in [0.4, 0.5) is 8.78 Å². The molecule has 2 atom stereocenters. The molecule has 2 aromatic carbocycles. The maximum atomic E-state index is 14.4. The summed E-state index contributed by atoms with van der Waals surface area (Å²) in [4.78, 5) is 12.0. The fourth-order valence-corrected chi connectivity index (χ4v) is 9.67. The van der Waals surface area contributed by atoms with Gasteiger partial charge in [-0.2, -0.15) is 0 Å². The molecule has 8 rings (SSSR count). The molecule has 0 aliphatic heterocycles. The lowest BCUT2D eigenvalue weighted by molar-refractivity contribution is 0.221. The number of halogens is 3. The Hall–Kier alpha value is -4.39. The van der Waals surface area contributed by atoms with Gasteiger partial charge in [0.15, 0.2) is 0 Å². The normalized spacial score (nSPS) is 12.3. The highest BCUT2D eigenvalue weighted by Crippen LogP contribution is 2.46. The Labute approximate surface area is 314 Å². The summed E-state index contributed by atoms with van der Waals surface area (Å²) in [7, 11) is 0. The van der Waals surface area contributed by atoms with Gasteiger partial charge < -0.3 is 10.2 Å². The Morgan fingerprint density at radius 2 is 1.14 bits per heavy atom. The Bertz CT molecular complexity index is 2330. The van der Waals surface area contributed by atoms with E-state index >= 15 is 0 Å². The van der Waals surface area contributed by atoms with Crippen LogP contribution in [0.5, 0.6) is 0 Å². The van der Waals surface area contributed by atoms with E-state index < -0.39 is 23.8 Å². The quantitative estimate of drug-likeness (QED) is 0.162. The van der Waals surface area contributed by atoms with Crippen molar-refractivity contribution in [2.45, 2.75) is 12.2 Å². The predicted molar refractivity (Wildman–Crippen MR) is 208 cm³/mol. The number of thiophene rings is 4. The molecule has 0 radical (unpaired) electrons. The van der Waals surface area contributed by atoms with Crippen LogP contribution in [0.15, 0.2) is 137 Å². The number of hydrogen-bond donors (Lipinski definition) is 2. The summed E-state index contributed by atoms with van der Waals surface area (Å²) < 4.78 is 27.7. The molecule has 0 fully saturated rings. The van der Waals surface area contributed by atoms with Crippen LogP contribution in [0.25, 0.3) is 41.8 Å². The summed E-state index contributed by atoms with van der Waals surface area (Å²) in [5.74, 6) is -1.28. The first kappa shape index (κ1) is 35.0. The van der Waals surface area contributed by atoms with Crippen LogP contribution >= 0.6 is 56.9 Å². The minimum Gasteiger partial charge on any atom is -0.384 e. The molecule has 0 saturated heterocycles. The largest absolute Gasteiger partial charge is 0.384 e. The van der Waals surface area contributed by atoms with Gasteiger partial charge in [-0.25, -0.2) is 8.78 Å². The van der Waals surface area contributed by atoms with Crippen LogP contribution in [0.2, 0.25) is 5.02 Å². The third-order valence-electron chi connectivity index (χ3n) is 8.06. The van der Waals surface area contributed by atoms with E-state index in [9.17, 15) is 19.0 Å². The highest BCUT2D eigenvalue weighted by Gasteiger charge is 2.26. The first-order chi connectivity index (χ1) is 24.9. The molecule has 0 aliphatic carbocycles. The van der Waals surface area contributed by atoms with Gasteiger partial charge in [-0.1, -0.05) is 48.0 Å². The summed E-state index contributed by atoms with van der Waals surface area (Å²) in [6.45, 7) is 0. The predicted octanol–water partition coefficient (Wildman–Crippen LogP) is 12.2. The Morgan fingerprint density at radius 3 is 1.63 bits per heavy atom. The third-order valence-corrected chi connectivity index (χ3v) is 12.2. The second kappa shape index (κ2) is 15.9. The fraction of sp³-hybridized carbons (Fsp3) is 0.0500. The Kier molecular flexibility index (Phi) is 10.9. The third kappa shape index (κ3) is 7.63. The summed E-state index contributed by atoms with van der Waals surface area (Å²) in [5.41, 5.74) is 6.17. The molecule has 4 nitrogen and oxygen atoms in total. The summed E-state index contributed by atoms with van der Waals surface area (Å²) in [6.07, 6.45) is 4.95. The van der Waals surface area contributed by atoms with Crippen molar-refractivity contribution in [3.05, 3.63) is 176 Å². The number of aromatic nitrogens is 2. The second-order valence-corrected chi connectivity index (χ2v) is 15.3. The number of nitrogens with zero attached hydrogens (tertiary/aromatic N) is 2. The van der Waals surface area contributed by atoms with Gasteiger partial charge in [0, 0.05) is 105 Å². The van der Waals surface area contributed by atoms with Crippen LogP contribution < -0.4 is 0 Å². The highest BCUT2D eigenvalue weighted by molar-refractivity contribution is 7.17. The summed E-state index contributed by atoms with van der Waals surface area (Å²) in [6, 6.07) is 26.5. The van der Waals surface area contributed by atoms with E-state index in [2.05, 4.69) is 26.8 Å². The number of rotatable bonds is 8. The van der Waals surface area contributed by atoms with Crippen LogP contribution in [-0.2, 0) is 0 Å². The Morgan fingerprint density at radius 1 is 0.588 bits per heavy atom. The SMILES string of the molecule is OC(c1cccnc1)c1c(-c2cccs2)csc1-c1ccc(Cl)cc1.OC(c1cccnc1)c1c(-c2cccs2)csc1-c1ccc(F)cc1F. The number of aliphatic hydroxyl groups excluding tert-OH is 2. The minimum absolute atomic E-state index is 0.275. The molecule has 6 heterocycles. The van der Waals surface area contributed by atoms with Crippen molar-refractivity contribution >= 4 is 56.9 Å². The maximum Gasteiger partial charge on any atom is 0.134 e. The van der Waals surface area contributed by atoms with Gasteiger partial charge in [-0.15, -0.1) is 45.3 Å². The lowest BCUT2D eigenvalue weighted by Gasteiger charge is -2.15. The standard InChI is InChI=1S/C20H14ClNOS2.C20H13F2NOS2/c21-15-7-5-13(6-8-15)20-18(19(23)14-3-1-9-22-11-14)16(12-25-20)17-4-2-10-24-17;21-13-5-6-14(16(22)9-13)20-18(19(24)12-3-1-7-23-10-12)15(11-26-20)17-4-2-8-25-17/h1-12,19,23H;1-11,19,24H. The van der Waals surface area contributed by atoms with Crippen LogP contribution in [0.1, 0.15) is 34.5 Å². The smallest absolute Gasteiger partial charge is 0.134 e. The van der Waals surface area contributed by atoms with Gasteiger partial charge in [0.2, 0.25) is 0 Å². The van der Waals surface area contributed by atoms with E-state index in [4.69, 9.17) is 11.6 Å². The zero-order valence-electron chi connectivity index (χ0n) is 26.5. The van der Waals surface area contributed by atoms with Crippen LogP contribution in [0, 0.1) is 11.6 Å². The fourth-order valence-electron chi connectivity index (χ4n) is 5.64. The average molecular weight is 769 g/mol. The second-order valence-electron chi connectivity index (χ2n) is 11.2. The number of aliphatic hydroxyl groups is 2. The summed E-state index contributed by atoms with van der Waals surface area (Å²) >= 11 is 12.2. The first-order valence-corrected chi connectivity index (χ1v) is 19.5. The molecule has 0 spiro atoms. The number of pyridine rings is 2. The molecule has 6 aromatic heterocycles. The van der Waals surface area contributed by atoms with Gasteiger partial charge in [0.05, 0.1) is 0 Å². The molecular formula is C40H27ClF2N2O2S4. The molecule has 8 aromatic rings. The highest BCUT2D eigenvalue weighted by atomic mass is 35.5.